The molecule has 0 amide bonds. The lowest BCUT2D eigenvalue weighted by atomic mass is 9.97. The Labute approximate surface area is 62.7 Å². The van der Waals surface area contributed by atoms with Gasteiger partial charge in [-0.25, -0.2) is 0 Å². The van der Waals surface area contributed by atoms with Crippen LogP contribution in [0.25, 0.3) is 0 Å². The Bertz CT molecular complexity index is 124. The van der Waals surface area contributed by atoms with Crippen molar-refractivity contribution in [3.05, 3.63) is 18.6 Å². The van der Waals surface area contributed by atoms with Crippen LogP contribution in [0.2, 0.25) is 0 Å². The monoisotopic (exact) mass is 135 g/mol. The van der Waals surface area contributed by atoms with Crippen LogP contribution in [0, 0.1) is 6.42 Å². The second kappa shape index (κ2) is 2.75. The molecule has 2 heterocycles. The Kier molecular flexibility index (Phi) is 1.76. The average Bonchev–Trinajstić information content (AvgIpc) is 2.05. The van der Waals surface area contributed by atoms with Gasteiger partial charge in [0.2, 0.25) is 0 Å². The van der Waals surface area contributed by atoms with E-state index in [9.17, 15) is 0 Å². The van der Waals surface area contributed by atoms with Gasteiger partial charge < -0.3 is 0 Å². The second-order valence-electron chi connectivity index (χ2n) is 3.03. The Morgan fingerprint density at radius 1 is 1.40 bits per heavy atom. The number of fused-ring (bicyclic) bond motifs is 1. The van der Waals surface area contributed by atoms with Crippen LogP contribution in [-0.2, 0) is 0 Å². The van der Waals surface area contributed by atoms with Crippen molar-refractivity contribution in [3.8, 4) is 0 Å². The van der Waals surface area contributed by atoms with E-state index in [4.69, 9.17) is 0 Å². The summed E-state index contributed by atoms with van der Waals surface area (Å²) < 4.78 is 0. The summed E-state index contributed by atoms with van der Waals surface area (Å²) in [7, 11) is 0. The third kappa shape index (κ3) is 1.10. The Hall–Kier alpha value is -0.300. The van der Waals surface area contributed by atoms with Crippen LogP contribution in [-0.4, -0.2) is 24.0 Å². The van der Waals surface area contributed by atoms with Crippen LogP contribution in [0.3, 0.4) is 0 Å². The first kappa shape index (κ1) is 6.41. The van der Waals surface area contributed by atoms with E-state index in [-0.39, 0.29) is 0 Å². The summed E-state index contributed by atoms with van der Waals surface area (Å²) in [5, 5.41) is 0. The van der Waals surface area contributed by atoms with Gasteiger partial charge in [0.1, 0.15) is 0 Å². The molecule has 1 unspecified atom stereocenters. The Balaban J connectivity index is 2.01. The van der Waals surface area contributed by atoms with E-state index in [0.29, 0.717) is 6.04 Å². The maximum Gasteiger partial charge on any atom is 0.0202 e. The van der Waals surface area contributed by atoms with Crippen LogP contribution in [0.15, 0.2) is 12.2 Å². The minimum Gasteiger partial charge on any atom is -0.296 e. The quantitative estimate of drug-likeness (QED) is 0.455. The molecule has 0 spiro atoms. The van der Waals surface area contributed by atoms with Crippen molar-refractivity contribution in [2.75, 3.05) is 13.1 Å². The van der Waals surface area contributed by atoms with Crippen molar-refractivity contribution in [2.24, 2.45) is 0 Å². The third-order valence-corrected chi connectivity index (χ3v) is 2.31. The highest BCUT2D eigenvalue weighted by atomic mass is 15.2. The smallest absolute Gasteiger partial charge is 0.0202 e. The summed E-state index contributed by atoms with van der Waals surface area (Å²) in [4.78, 5) is 2.50. The molecule has 1 atom stereocenters. The van der Waals surface area contributed by atoms with Gasteiger partial charge in [0.15, 0.2) is 0 Å². The van der Waals surface area contributed by atoms with Crippen molar-refractivity contribution >= 4 is 0 Å². The molecule has 1 heteroatoms. The summed E-state index contributed by atoms with van der Waals surface area (Å²) in [5.74, 6) is 0. The molecule has 54 valence electrons. The number of rotatable bonds is 0. The van der Waals surface area contributed by atoms with Crippen molar-refractivity contribution < 1.29 is 0 Å². The topological polar surface area (TPSA) is 3.24 Å². The SMILES string of the molecule is [C]1CCCN2CC=CCC12. The van der Waals surface area contributed by atoms with Crippen molar-refractivity contribution in [1.29, 1.82) is 0 Å². The lowest BCUT2D eigenvalue weighted by Crippen LogP contribution is -2.41. The molecule has 1 saturated heterocycles. The van der Waals surface area contributed by atoms with Gasteiger partial charge in [-0.1, -0.05) is 12.2 Å². The fourth-order valence-electron chi connectivity index (χ4n) is 1.72. The minimum atomic E-state index is 0.652. The fraction of sp³-hybridized carbons (Fsp3) is 0.667. The number of hydrogen-bond acceptors (Lipinski definition) is 1. The summed E-state index contributed by atoms with van der Waals surface area (Å²) in [6.45, 7) is 2.43. The second-order valence-corrected chi connectivity index (χ2v) is 3.03. The molecule has 2 radical (unpaired) electrons. The van der Waals surface area contributed by atoms with Gasteiger partial charge in [0.25, 0.3) is 0 Å². The van der Waals surface area contributed by atoms with E-state index in [0.717, 1.165) is 6.54 Å². The Morgan fingerprint density at radius 2 is 2.40 bits per heavy atom. The van der Waals surface area contributed by atoms with Crippen molar-refractivity contribution in [3.63, 3.8) is 0 Å². The molecule has 0 N–H and O–H groups in total. The molecule has 0 aromatic heterocycles. The molecule has 10 heavy (non-hydrogen) atoms. The predicted octanol–water partition coefficient (Wildman–Crippen LogP) is 1.49. The zero-order valence-corrected chi connectivity index (χ0v) is 6.21. The molecule has 0 aromatic rings. The van der Waals surface area contributed by atoms with Gasteiger partial charge in [0, 0.05) is 19.0 Å². The van der Waals surface area contributed by atoms with Gasteiger partial charge in [-0.3, -0.25) is 4.90 Å². The molecular formula is C9H13N. The van der Waals surface area contributed by atoms with Crippen LogP contribution >= 0.6 is 0 Å². The van der Waals surface area contributed by atoms with Gasteiger partial charge >= 0.3 is 0 Å². The van der Waals surface area contributed by atoms with E-state index < -0.39 is 0 Å². The number of hydrogen-bond donors (Lipinski definition) is 0. The molecule has 0 bridgehead atoms. The van der Waals surface area contributed by atoms with Gasteiger partial charge in [-0.15, -0.1) is 0 Å². The first-order valence-electron chi connectivity index (χ1n) is 4.09. The summed E-state index contributed by atoms with van der Waals surface area (Å²) in [5.41, 5.74) is 0. The van der Waals surface area contributed by atoms with Crippen LogP contribution in [0.4, 0.5) is 0 Å². The van der Waals surface area contributed by atoms with Crippen molar-refractivity contribution in [1.82, 2.24) is 4.90 Å². The maximum atomic E-state index is 3.50. The molecule has 0 aromatic carbocycles. The van der Waals surface area contributed by atoms with Crippen LogP contribution in [0.1, 0.15) is 19.3 Å². The van der Waals surface area contributed by atoms with E-state index in [1.807, 2.05) is 0 Å². The molecule has 2 aliphatic heterocycles. The lowest BCUT2D eigenvalue weighted by Gasteiger charge is -2.36. The number of piperidine rings is 1. The standard InChI is InChI=1S/C9H13N/c1-3-7-10-8-4-2-6-9(10)5-1/h1,3,9H,2,4-5,7-8H2. The Morgan fingerprint density at radius 3 is 3.30 bits per heavy atom. The van der Waals surface area contributed by atoms with Crippen molar-refractivity contribution in [2.45, 2.75) is 25.3 Å². The third-order valence-electron chi connectivity index (χ3n) is 2.31. The molecule has 0 saturated carbocycles. The van der Waals surface area contributed by atoms with Gasteiger partial charge in [-0.05, 0) is 25.8 Å². The summed E-state index contributed by atoms with van der Waals surface area (Å²) >= 11 is 0. The fourth-order valence-corrected chi connectivity index (χ4v) is 1.72. The number of nitrogens with zero attached hydrogens (tertiary/aromatic N) is 1. The van der Waals surface area contributed by atoms with E-state index in [1.54, 1.807) is 0 Å². The first-order chi connectivity index (χ1) is 4.97. The van der Waals surface area contributed by atoms with Crippen LogP contribution < -0.4 is 0 Å². The highest BCUT2D eigenvalue weighted by Gasteiger charge is 2.22. The maximum absolute atomic E-state index is 3.50. The molecule has 1 fully saturated rings. The molecule has 0 aliphatic carbocycles. The van der Waals surface area contributed by atoms with E-state index in [2.05, 4.69) is 23.5 Å². The summed E-state index contributed by atoms with van der Waals surface area (Å²) in [6, 6.07) is 0.652. The lowest BCUT2D eigenvalue weighted by molar-refractivity contribution is 0.200. The van der Waals surface area contributed by atoms with E-state index in [1.165, 1.54) is 25.8 Å². The van der Waals surface area contributed by atoms with Gasteiger partial charge in [0.05, 0.1) is 0 Å². The average molecular weight is 135 g/mol. The highest BCUT2D eigenvalue weighted by Crippen LogP contribution is 2.21. The molecule has 1 nitrogen and oxygen atoms in total. The minimum absolute atomic E-state index is 0.652. The highest BCUT2D eigenvalue weighted by molar-refractivity contribution is 5.02. The zero-order valence-electron chi connectivity index (χ0n) is 6.21. The zero-order chi connectivity index (χ0) is 6.81. The predicted molar refractivity (Wildman–Crippen MR) is 41.6 cm³/mol. The van der Waals surface area contributed by atoms with Gasteiger partial charge in [-0.2, -0.15) is 0 Å². The molecule has 2 aliphatic rings. The van der Waals surface area contributed by atoms with Crippen LogP contribution in [0.5, 0.6) is 0 Å². The molecule has 2 rings (SSSR count). The van der Waals surface area contributed by atoms with E-state index >= 15 is 0 Å². The summed E-state index contributed by atoms with van der Waals surface area (Å²) in [6.07, 6.45) is 11.7. The normalized spacial score (nSPS) is 33.8. The first-order valence-corrected chi connectivity index (χ1v) is 4.09. The largest absolute Gasteiger partial charge is 0.296 e. The molecular weight excluding hydrogens is 122 g/mol.